The van der Waals surface area contributed by atoms with Crippen molar-refractivity contribution in [1.29, 1.82) is 0 Å². The van der Waals surface area contributed by atoms with Crippen LogP contribution in [0.5, 0.6) is 0 Å². The number of imidazole rings is 1. The van der Waals surface area contributed by atoms with Gasteiger partial charge in [-0.1, -0.05) is 6.07 Å². The van der Waals surface area contributed by atoms with Crippen molar-refractivity contribution in [2.75, 3.05) is 11.4 Å². The summed E-state index contributed by atoms with van der Waals surface area (Å²) in [6, 6.07) is 6.02. The molecule has 2 atom stereocenters. The van der Waals surface area contributed by atoms with Crippen LogP contribution in [0.25, 0.3) is 0 Å². The summed E-state index contributed by atoms with van der Waals surface area (Å²) in [6.07, 6.45) is 3.30. The highest BCUT2D eigenvalue weighted by molar-refractivity contribution is 7.81. The molecule has 2 unspecified atom stereocenters. The maximum Gasteiger partial charge on any atom is 0.273 e. The number of anilines is 1. The van der Waals surface area contributed by atoms with Crippen molar-refractivity contribution in [3.63, 3.8) is 0 Å². The summed E-state index contributed by atoms with van der Waals surface area (Å²) in [5.41, 5.74) is 1.08. The summed E-state index contributed by atoms with van der Waals surface area (Å²) in [7, 11) is 0. The molecule has 8 heteroatoms. The molecule has 0 saturated carbocycles. The van der Waals surface area contributed by atoms with Crippen LogP contribution >= 0.6 is 12.6 Å². The van der Waals surface area contributed by atoms with E-state index in [2.05, 4.69) is 45.1 Å². The van der Waals surface area contributed by atoms with E-state index >= 15 is 0 Å². The van der Waals surface area contributed by atoms with Crippen LogP contribution in [0.3, 0.4) is 0 Å². The zero-order chi connectivity index (χ0) is 15.5. The minimum Gasteiger partial charge on any atom is -0.339 e. The van der Waals surface area contributed by atoms with Crippen LogP contribution in [0.15, 0.2) is 30.7 Å². The molecular weight excluding hydrogens is 300 g/mol. The average Bonchev–Trinajstić information content (AvgIpc) is 3.00. The van der Waals surface area contributed by atoms with Gasteiger partial charge in [-0.3, -0.25) is 9.78 Å². The van der Waals surface area contributed by atoms with Crippen molar-refractivity contribution in [2.45, 2.75) is 25.0 Å². The lowest BCUT2D eigenvalue weighted by Gasteiger charge is -2.35. The molecule has 0 fully saturated rings. The predicted octanol–water partition coefficient (Wildman–Crippen LogP) is 0.746. The number of aromatic nitrogens is 3. The predicted molar refractivity (Wildman–Crippen MR) is 86.7 cm³/mol. The monoisotopic (exact) mass is 318 g/mol. The van der Waals surface area contributed by atoms with E-state index < -0.39 is 0 Å². The molecule has 3 rings (SSSR count). The van der Waals surface area contributed by atoms with Gasteiger partial charge in [-0.15, -0.1) is 12.6 Å². The Bertz CT molecular complexity index is 646. The van der Waals surface area contributed by atoms with Gasteiger partial charge in [-0.2, -0.15) is 0 Å². The number of carbonyl (C=O) groups excluding carboxylic acids is 1. The van der Waals surface area contributed by atoms with E-state index in [-0.39, 0.29) is 17.4 Å². The maximum absolute atomic E-state index is 11.8. The highest BCUT2D eigenvalue weighted by Crippen LogP contribution is 2.23. The number of pyridine rings is 1. The Labute approximate surface area is 133 Å². The molecule has 3 N–H and O–H groups in total. The molecule has 0 radical (unpaired) electrons. The molecule has 2 aromatic heterocycles. The van der Waals surface area contributed by atoms with Gasteiger partial charge in [0.15, 0.2) is 5.82 Å². The highest BCUT2D eigenvalue weighted by Gasteiger charge is 2.31. The summed E-state index contributed by atoms with van der Waals surface area (Å²) < 4.78 is 0. The van der Waals surface area contributed by atoms with E-state index in [4.69, 9.17) is 0 Å². The van der Waals surface area contributed by atoms with Crippen molar-refractivity contribution in [2.24, 2.45) is 0 Å². The number of H-pyrrole nitrogens is 1. The minimum absolute atomic E-state index is 0.177. The number of thiol groups is 1. The molecule has 0 aliphatic carbocycles. The van der Waals surface area contributed by atoms with Gasteiger partial charge >= 0.3 is 0 Å². The zero-order valence-electron chi connectivity index (χ0n) is 12.2. The fraction of sp³-hybridized carbons (Fsp3) is 0.357. The molecule has 22 heavy (non-hydrogen) atoms. The zero-order valence-corrected chi connectivity index (χ0v) is 13.0. The Hall–Kier alpha value is -2.06. The molecule has 1 amide bonds. The molecular formula is C14H18N6OS. The maximum atomic E-state index is 11.8. The van der Waals surface area contributed by atoms with E-state index in [1.54, 1.807) is 6.20 Å². The number of nitrogens with zero attached hydrogens (tertiary/aromatic N) is 3. The van der Waals surface area contributed by atoms with Crippen LogP contribution in [-0.2, 0) is 6.54 Å². The van der Waals surface area contributed by atoms with Gasteiger partial charge < -0.3 is 20.5 Å². The van der Waals surface area contributed by atoms with Crippen molar-refractivity contribution in [3.8, 4) is 0 Å². The lowest BCUT2D eigenvalue weighted by Crippen LogP contribution is -2.53. The average molecular weight is 318 g/mol. The molecule has 7 nitrogen and oxygen atoms in total. The fourth-order valence-corrected chi connectivity index (χ4v) is 2.70. The van der Waals surface area contributed by atoms with Crippen molar-refractivity contribution < 1.29 is 4.79 Å². The number of hydrogen-bond donors (Lipinski definition) is 4. The van der Waals surface area contributed by atoms with Gasteiger partial charge in [0.05, 0.1) is 12.0 Å². The number of fused-ring (bicyclic) bond motifs is 1. The largest absolute Gasteiger partial charge is 0.339 e. The van der Waals surface area contributed by atoms with Crippen LogP contribution in [0.4, 0.5) is 5.82 Å². The second-order valence-corrected chi connectivity index (χ2v) is 5.69. The van der Waals surface area contributed by atoms with E-state index in [1.165, 1.54) is 6.33 Å². The fourth-order valence-electron chi connectivity index (χ4n) is 2.38. The Morgan fingerprint density at radius 1 is 1.45 bits per heavy atom. The number of hydrogen-bond acceptors (Lipinski definition) is 6. The first-order valence-electron chi connectivity index (χ1n) is 7.07. The molecule has 0 aromatic carbocycles. The Kier molecular flexibility index (Phi) is 4.30. The van der Waals surface area contributed by atoms with Crippen LogP contribution in [-0.4, -0.2) is 38.9 Å². The van der Waals surface area contributed by atoms with Crippen LogP contribution < -0.4 is 15.5 Å². The number of carbonyl (C=O) groups is 1. The van der Waals surface area contributed by atoms with Gasteiger partial charge in [0.2, 0.25) is 0 Å². The molecule has 0 saturated heterocycles. The first-order chi connectivity index (χ1) is 10.6. The number of aromatic amines is 1. The Morgan fingerprint density at radius 2 is 2.32 bits per heavy atom. The second kappa shape index (κ2) is 6.37. The van der Waals surface area contributed by atoms with Crippen molar-refractivity contribution >= 4 is 24.4 Å². The quantitative estimate of drug-likeness (QED) is 0.611. The van der Waals surface area contributed by atoms with E-state index in [1.807, 2.05) is 23.1 Å². The third-order valence-corrected chi connectivity index (χ3v) is 3.91. The minimum atomic E-state index is -0.387. The molecule has 3 heterocycles. The van der Waals surface area contributed by atoms with E-state index in [0.29, 0.717) is 24.6 Å². The topological polar surface area (TPSA) is 85.9 Å². The Balaban J connectivity index is 1.63. The van der Waals surface area contributed by atoms with Gasteiger partial charge in [0.25, 0.3) is 5.91 Å². The van der Waals surface area contributed by atoms with Gasteiger partial charge in [-0.25, -0.2) is 4.98 Å². The third-order valence-electron chi connectivity index (χ3n) is 3.50. The molecule has 2 aromatic rings. The smallest absolute Gasteiger partial charge is 0.273 e. The molecule has 116 valence electrons. The van der Waals surface area contributed by atoms with Crippen molar-refractivity contribution in [1.82, 2.24) is 25.6 Å². The lowest BCUT2D eigenvalue weighted by atomic mass is 10.2. The van der Waals surface area contributed by atoms with Crippen LogP contribution in [0.1, 0.15) is 23.1 Å². The normalized spacial score (nSPS) is 18.7. The van der Waals surface area contributed by atoms with Gasteiger partial charge in [0, 0.05) is 25.3 Å². The number of nitrogens with one attached hydrogen (secondary N) is 3. The summed E-state index contributed by atoms with van der Waals surface area (Å²) in [5.74, 6) is 0.452. The first kappa shape index (κ1) is 14.9. The second-order valence-electron chi connectivity index (χ2n) is 5.20. The van der Waals surface area contributed by atoms with Crippen LogP contribution in [0, 0.1) is 0 Å². The van der Waals surface area contributed by atoms with Gasteiger partial charge in [0.1, 0.15) is 11.2 Å². The standard InChI is InChI=1S/C14H18N6OS/c1-9(16-6-10-4-2-3-5-15-10)7-20-12-11(17-8-18-12)13(21)19-14(20)22/h2-5,8-9,14,16,22H,6-7H2,1H3,(H,17,18)(H,19,21). The van der Waals surface area contributed by atoms with E-state index in [9.17, 15) is 4.79 Å². The highest BCUT2D eigenvalue weighted by atomic mass is 32.1. The summed E-state index contributed by atoms with van der Waals surface area (Å²) in [4.78, 5) is 25.1. The Morgan fingerprint density at radius 3 is 3.09 bits per heavy atom. The molecule has 0 spiro atoms. The number of rotatable bonds is 5. The summed E-state index contributed by atoms with van der Waals surface area (Å²) in [5, 5.41) is 6.20. The SMILES string of the molecule is CC(CN1c2nc[nH]c2C(=O)NC1S)NCc1ccccn1. The summed E-state index contributed by atoms with van der Waals surface area (Å²) in [6.45, 7) is 3.43. The molecule has 0 bridgehead atoms. The van der Waals surface area contributed by atoms with Crippen LogP contribution in [0.2, 0.25) is 0 Å². The lowest BCUT2D eigenvalue weighted by molar-refractivity contribution is 0.0937. The first-order valence-corrected chi connectivity index (χ1v) is 7.59. The molecule has 1 aliphatic rings. The number of amides is 1. The van der Waals surface area contributed by atoms with E-state index in [0.717, 1.165) is 5.69 Å². The molecule has 1 aliphatic heterocycles. The summed E-state index contributed by atoms with van der Waals surface area (Å²) >= 11 is 4.43. The third kappa shape index (κ3) is 3.07. The van der Waals surface area contributed by atoms with Gasteiger partial charge in [-0.05, 0) is 19.1 Å². The van der Waals surface area contributed by atoms with Crippen molar-refractivity contribution in [3.05, 3.63) is 42.1 Å².